The van der Waals surface area contributed by atoms with Crippen LogP contribution in [-0.4, -0.2) is 43.7 Å². The Kier molecular flexibility index (Phi) is 4.12. The molecule has 2 amide bonds. The van der Waals surface area contributed by atoms with Crippen LogP contribution in [0.4, 0.5) is 5.69 Å². The Labute approximate surface area is 150 Å². The van der Waals surface area contributed by atoms with Gasteiger partial charge in [0.25, 0.3) is 5.91 Å². The van der Waals surface area contributed by atoms with Crippen molar-refractivity contribution in [2.24, 2.45) is 5.92 Å². The monoisotopic (exact) mass is 354 g/mol. The van der Waals surface area contributed by atoms with Crippen molar-refractivity contribution in [3.63, 3.8) is 0 Å². The Bertz CT molecular complexity index is 861. The molecule has 1 N–H and O–H groups in total. The number of hydrogen-bond acceptors (Lipinski definition) is 5. The zero-order valence-electron chi connectivity index (χ0n) is 14.2. The molecule has 1 fully saturated rings. The molecule has 0 aromatic heterocycles. The summed E-state index contributed by atoms with van der Waals surface area (Å²) >= 11 is 0. The first-order chi connectivity index (χ1) is 12.6. The van der Waals surface area contributed by atoms with E-state index in [0.717, 1.165) is 0 Å². The number of anilines is 1. The molecule has 0 saturated carbocycles. The van der Waals surface area contributed by atoms with E-state index in [1.54, 1.807) is 42.3 Å². The Balaban J connectivity index is 1.34. The van der Waals surface area contributed by atoms with Crippen molar-refractivity contribution < 1.29 is 23.8 Å². The second-order valence-corrected chi connectivity index (χ2v) is 6.20. The van der Waals surface area contributed by atoms with Gasteiger partial charge in [-0.3, -0.25) is 9.59 Å². The molecule has 2 aliphatic heterocycles. The van der Waals surface area contributed by atoms with E-state index in [4.69, 9.17) is 14.2 Å². The molecule has 2 aromatic rings. The first-order valence-corrected chi connectivity index (χ1v) is 8.28. The molecule has 134 valence electrons. The van der Waals surface area contributed by atoms with E-state index in [2.05, 4.69) is 5.32 Å². The van der Waals surface area contributed by atoms with Crippen LogP contribution in [-0.2, 0) is 4.79 Å². The summed E-state index contributed by atoms with van der Waals surface area (Å²) in [5, 5.41) is 2.86. The van der Waals surface area contributed by atoms with Crippen molar-refractivity contribution in [2.45, 2.75) is 0 Å². The highest BCUT2D eigenvalue weighted by Gasteiger charge is 2.36. The number of fused-ring (bicyclic) bond motifs is 1. The van der Waals surface area contributed by atoms with Crippen molar-refractivity contribution in [2.75, 3.05) is 32.3 Å². The minimum Gasteiger partial charge on any atom is -0.497 e. The lowest BCUT2D eigenvalue weighted by molar-refractivity contribution is -0.123. The van der Waals surface area contributed by atoms with Gasteiger partial charge in [-0.1, -0.05) is 6.07 Å². The predicted molar refractivity (Wildman–Crippen MR) is 93.6 cm³/mol. The number of carbonyl (C=O) groups is 2. The van der Waals surface area contributed by atoms with Gasteiger partial charge in [-0.15, -0.1) is 0 Å². The lowest BCUT2D eigenvalue weighted by atomic mass is 9.97. The van der Waals surface area contributed by atoms with E-state index in [1.165, 1.54) is 0 Å². The van der Waals surface area contributed by atoms with Crippen molar-refractivity contribution in [3.8, 4) is 17.2 Å². The lowest BCUT2D eigenvalue weighted by Crippen LogP contribution is -2.54. The van der Waals surface area contributed by atoms with Crippen LogP contribution in [0.25, 0.3) is 0 Å². The van der Waals surface area contributed by atoms with Crippen LogP contribution in [0.3, 0.4) is 0 Å². The van der Waals surface area contributed by atoms with E-state index in [-0.39, 0.29) is 24.5 Å². The number of likely N-dealkylation sites (tertiary alicyclic amines) is 1. The maximum absolute atomic E-state index is 12.5. The first-order valence-electron chi connectivity index (χ1n) is 8.28. The summed E-state index contributed by atoms with van der Waals surface area (Å²) in [6.07, 6.45) is 0. The number of nitrogens with one attached hydrogen (secondary N) is 1. The normalized spacial score (nSPS) is 15.3. The summed E-state index contributed by atoms with van der Waals surface area (Å²) in [5.41, 5.74) is 1.20. The summed E-state index contributed by atoms with van der Waals surface area (Å²) in [5.74, 6) is 1.45. The largest absolute Gasteiger partial charge is 0.497 e. The molecule has 7 heteroatoms. The molecule has 2 aromatic carbocycles. The highest BCUT2D eigenvalue weighted by Crippen LogP contribution is 2.33. The third-order valence-electron chi connectivity index (χ3n) is 4.50. The maximum atomic E-state index is 12.5. The molecule has 1 saturated heterocycles. The zero-order valence-corrected chi connectivity index (χ0v) is 14.2. The topological polar surface area (TPSA) is 77.1 Å². The fourth-order valence-electron chi connectivity index (χ4n) is 2.97. The van der Waals surface area contributed by atoms with E-state index >= 15 is 0 Å². The minimum atomic E-state index is -0.223. The van der Waals surface area contributed by atoms with Crippen molar-refractivity contribution in [1.82, 2.24) is 4.90 Å². The molecule has 4 rings (SSSR count). The first kappa shape index (κ1) is 16.3. The smallest absolute Gasteiger partial charge is 0.254 e. The van der Waals surface area contributed by atoms with Crippen molar-refractivity contribution >= 4 is 17.5 Å². The third-order valence-corrected chi connectivity index (χ3v) is 4.50. The number of rotatable bonds is 4. The molecule has 0 aliphatic carbocycles. The molecule has 26 heavy (non-hydrogen) atoms. The maximum Gasteiger partial charge on any atom is 0.254 e. The Morgan fingerprint density at radius 3 is 2.73 bits per heavy atom. The molecule has 2 heterocycles. The number of benzene rings is 2. The molecular formula is C19H18N2O5. The Hall–Kier alpha value is -3.22. The second-order valence-electron chi connectivity index (χ2n) is 6.20. The second kappa shape index (κ2) is 6.59. The number of ether oxygens (including phenoxy) is 3. The summed E-state index contributed by atoms with van der Waals surface area (Å²) < 4.78 is 15.7. The average molecular weight is 354 g/mol. The molecular weight excluding hydrogens is 336 g/mol. The standard InChI is InChI=1S/C19H18N2O5/c1-24-15-4-2-3-14(8-15)20-18(22)13-9-21(10-13)19(23)12-5-6-16-17(7-12)26-11-25-16/h2-8,13H,9-11H2,1H3,(H,20,22). The van der Waals surface area contributed by atoms with Gasteiger partial charge < -0.3 is 24.4 Å². The Morgan fingerprint density at radius 2 is 1.92 bits per heavy atom. The van der Waals surface area contributed by atoms with Crippen LogP contribution >= 0.6 is 0 Å². The van der Waals surface area contributed by atoms with Crippen molar-refractivity contribution in [3.05, 3.63) is 48.0 Å². The van der Waals surface area contributed by atoms with Gasteiger partial charge >= 0.3 is 0 Å². The molecule has 0 bridgehead atoms. The number of amides is 2. The zero-order chi connectivity index (χ0) is 18.1. The summed E-state index contributed by atoms with van der Waals surface area (Å²) in [7, 11) is 1.58. The van der Waals surface area contributed by atoms with E-state index < -0.39 is 0 Å². The van der Waals surface area contributed by atoms with Gasteiger partial charge in [-0.25, -0.2) is 0 Å². The average Bonchev–Trinajstić information content (AvgIpc) is 3.08. The van der Waals surface area contributed by atoms with Gasteiger partial charge in [0.15, 0.2) is 11.5 Å². The summed E-state index contributed by atoms with van der Waals surface area (Å²) in [4.78, 5) is 26.5. The van der Waals surface area contributed by atoms with E-state index in [0.29, 0.717) is 41.6 Å². The van der Waals surface area contributed by atoms with Crippen LogP contribution < -0.4 is 19.5 Å². The van der Waals surface area contributed by atoms with E-state index in [1.807, 2.05) is 12.1 Å². The number of methoxy groups -OCH3 is 1. The molecule has 0 atom stereocenters. The van der Waals surface area contributed by atoms with Crippen LogP contribution in [0, 0.1) is 5.92 Å². The summed E-state index contributed by atoms with van der Waals surface area (Å²) in [6, 6.07) is 12.3. The van der Waals surface area contributed by atoms with Crippen LogP contribution in [0.5, 0.6) is 17.2 Å². The minimum absolute atomic E-state index is 0.104. The van der Waals surface area contributed by atoms with Gasteiger partial charge in [0.2, 0.25) is 12.7 Å². The van der Waals surface area contributed by atoms with Crippen LogP contribution in [0.1, 0.15) is 10.4 Å². The van der Waals surface area contributed by atoms with Crippen LogP contribution in [0.15, 0.2) is 42.5 Å². The number of nitrogens with zero attached hydrogens (tertiary/aromatic N) is 1. The third kappa shape index (κ3) is 3.03. The van der Waals surface area contributed by atoms with Gasteiger partial charge in [0.05, 0.1) is 13.0 Å². The van der Waals surface area contributed by atoms with Gasteiger partial charge in [0, 0.05) is 30.4 Å². The summed E-state index contributed by atoms with van der Waals surface area (Å²) in [6.45, 7) is 0.954. The molecule has 0 radical (unpaired) electrons. The van der Waals surface area contributed by atoms with Gasteiger partial charge in [-0.2, -0.15) is 0 Å². The Morgan fingerprint density at radius 1 is 1.12 bits per heavy atom. The molecule has 2 aliphatic rings. The quantitative estimate of drug-likeness (QED) is 0.910. The molecule has 0 spiro atoms. The molecule has 0 unspecified atom stereocenters. The van der Waals surface area contributed by atoms with Crippen LogP contribution in [0.2, 0.25) is 0 Å². The fraction of sp³-hybridized carbons (Fsp3) is 0.263. The highest BCUT2D eigenvalue weighted by atomic mass is 16.7. The number of carbonyl (C=O) groups excluding carboxylic acids is 2. The SMILES string of the molecule is COc1cccc(NC(=O)C2CN(C(=O)c3ccc4c(c3)OCO4)C2)c1. The number of hydrogen-bond donors (Lipinski definition) is 1. The fourth-order valence-corrected chi connectivity index (χ4v) is 2.97. The predicted octanol–water partition coefficient (Wildman–Crippen LogP) is 2.13. The van der Waals surface area contributed by atoms with Crippen molar-refractivity contribution in [1.29, 1.82) is 0 Å². The molecule has 7 nitrogen and oxygen atoms in total. The lowest BCUT2D eigenvalue weighted by Gasteiger charge is -2.38. The highest BCUT2D eigenvalue weighted by molar-refractivity contribution is 5.99. The van der Waals surface area contributed by atoms with E-state index in [9.17, 15) is 9.59 Å². The van der Waals surface area contributed by atoms with Gasteiger partial charge in [0.1, 0.15) is 5.75 Å². The van der Waals surface area contributed by atoms with Gasteiger partial charge in [-0.05, 0) is 30.3 Å².